The van der Waals surface area contributed by atoms with Gasteiger partial charge in [0.2, 0.25) is 0 Å². The predicted octanol–water partition coefficient (Wildman–Crippen LogP) is 2.88. The molecule has 92 valence electrons. The number of hydrogen-bond acceptors (Lipinski definition) is 2. The van der Waals surface area contributed by atoms with Crippen LogP contribution >= 0.6 is 0 Å². The standard InChI is InChI=1S/C13H30N2/c1-8-13(5,6)15(7)12(4)9-10-14-11(2)3/h11-12,14H,8-10H2,1-7H3. The van der Waals surface area contributed by atoms with Gasteiger partial charge >= 0.3 is 0 Å². The zero-order chi connectivity index (χ0) is 12.1. The van der Waals surface area contributed by atoms with Crippen LogP contribution in [0.1, 0.15) is 54.4 Å². The van der Waals surface area contributed by atoms with Gasteiger partial charge in [0.05, 0.1) is 0 Å². The van der Waals surface area contributed by atoms with E-state index in [1.54, 1.807) is 0 Å². The highest BCUT2D eigenvalue weighted by Crippen LogP contribution is 2.20. The van der Waals surface area contributed by atoms with Crippen molar-refractivity contribution in [2.45, 2.75) is 72.0 Å². The van der Waals surface area contributed by atoms with Gasteiger partial charge in [-0.1, -0.05) is 20.8 Å². The molecule has 0 aromatic carbocycles. The van der Waals surface area contributed by atoms with E-state index >= 15 is 0 Å². The van der Waals surface area contributed by atoms with Crippen LogP contribution in [0.15, 0.2) is 0 Å². The Hall–Kier alpha value is -0.0800. The molecule has 0 aromatic heterocycles. The van der Waals surface area contributed by atoms with Gasteiger partial charge in [0.25, 0.3) is 0 Å². The van der Waals surface area contributed by atoms with Crippen molar-refractivity contribution in [3.05, 3.63) is 0 Å². The number of nitrogens with one attached hydrogen (secondary N) is 1. The van der Waals surface area contributed by atoms with E-state index in [1.807, 2.05) is 0 Å². The topological polar surface area (TPSA) is 15.3 Å². The zero-order valence-electron chi connectivity index (χ0n) is 11.7. The summed E-state index contributed by atoms with van der Waals surface area (Å²) in [5.74, 6) is 0. The highest BCUT2D eigenvalue weighted by Gasteiger charge is 2.24. The van der Waals surface area contributed by atoms with Crippen LogP contribution in [-0.2, 0) is 0 Å². The van der Waals surface area contributed by atoms with Gasteiger partial charge in [-0.2, -0.15) is 0 Å². The lowest BCUT2D eigenvalue weighted by Crippen LogP contribution is -2.46. The summed E-state index contributed by atoms with van der Waals surface area (Å²) in [6.45, 7) is 14.7. The molecule has 1 atom stereocenters. The molecule has 1 N–H and O–H groups in total. The maximum atomic E-state index is 3.47. The Morgan fingerprint density at radius 1 is 1.20 bits per heavy atom. The fourth-order valence-electron chi connectivity index (χ4n) is 1.62. The van der Waals surface area contributed by atoms with Crippen LogP contribution in [0.5, 0.6) is 0 Å². The lowest BCUT2D eigenvalue weighted by molar-refractivity contribution is 0.101. The summed E-state index contributed by atoms with van der Waals surface area (Å²) < 4.78 is 0. The second-order valence-electron chi connectivity index (χ2n) is 5.52. The molecule has 0 radical (unpaired) electrons. The normalized spacial score (nSPS) is 15.0. The Labute approximate surface area is 96.4 Å². The van der Waals surface area contributed by atoms with Crippen molar-refractivity contribution >= 4 is 0 Å². The summed E-state index contributed by atoms with van der Waals surface area (Å²) >= 11 is 0. The molecule has 0 spiro atoms. The molecule has 1 unspecified atom stereocenters. The van der Waals surface area contributed by atoms with Crippen LogP contribution in [0.4, 0.5) is 0 Å². The first-order valence-corrected chi connectivity index (χ1v) is 6.27. The summed E-state index contributed by atoms with van der Waals surface area (Å²) in [4.78, 5) is 2.50. The van der Waals surface area contributed by atoms with Crippen LogP contribution in [-0.4, -0.2) is 36.1 Å². The minimum Gasteiger partial charge on any atom is -0.314 e. The van der Waals surface area contributed by atoms with Crippen LogP contribution in [0.3, 0.4) is 0 Å². The SMILES string of the molecule is CCC(C)(C)N(C)C(C)CCNC(C)C. The van der Waals surface area contributed by atoms with Gasteiger partial charge in [-0.15, -0.1) is 0 Å². The molecular formula is C13H30N2. The third kappa shape index (κ3) is 5.53. The van der Waals surface area contributed by atoms with Crippen LogP contribution in [0, 0.1) is 0 Å². The molecule has 0 rings (SSSR count). The second kappa shape index (κ2) is 6.49. The van der Waals surface area contributed by atoms with E-state index in [2.05, 4.69) is 58.8 Å². The molecule has 0 fully saturated rings. The van der Waals surface area contributed by atoms with Crippen molar-refractivity contribution < 1.29 is 0 Å². The first kappa shape index (κ1) is 14.9. The molecule has 0 saturated carbocycles. The number of rotatable bonds is 7. The largest absolute Gasteiger partial charge is 0.314 e. The molecule has 2 heteroatoms. The van der Waals surface area contributed by atoms with Crippen LogP contribution in [0.25, 0.3) is 0 Å². The molecule has 0 aromatic rings. The Kier molecular flexibility index (Phi) is 6.46. The Bertz CT molecular complexity index is 164. The summed E-state index contributed by atoms with van der Waals surface area (Å²) in [5.41, 5.74) is 0.317. The average molecular weight is 214 g/mol. The van der Waals surface area contributed by atoms with Crippen molar-refractivity contribution in [3.63, 3.8) is 0 Å². The van der Waals surface area contributed by atoms with Gasteiger partial charge in [0.1, 0.15) is 0 Å². The minimum absolute atomic E-state index is 0.317. The van der Waals surface area contributed by atoms with E-state index in [0.29, 0.717) is 17.6 Å². The number of nitrogens with zero attached hydrogens (tertiary/aromatic N) is 1. The maximum Gasteiger partial charge on any atom is 0.0150 e. The third-order valence-electron chi connectivity index (χ3n) is 3.60. The monoisotopic (exact) mass is 214 g/mol. The van der Waals surface area contributed by atoms with Crippen molar-refractivity contribution in [1.82, 2.24) is 10.2 Å². The van der Waals surface area contributed by atoms with Gasteiger partial charge < -0.3 is 5.32 Å². The van der Waals surface area contributed by atoms with E-state index in [-0.39, 0.29) is 0 Å². The summed E-state index contributed by atoms with van der Waals surface area (Å²) in [5, 5.41) is 3.47. The molecule has 0 aliphatic rings. The second-order valence-corrected chi connectivity index (χ2v) is 5.52. The Morgan fingerprint density at radius 2 is 1.73 bits per heavy atom. The lowest BCUT2D eigenvalue weighted by Gasteiger charge is -2.39. The van der Waals surface area contributed by atoms with E-state index in [4.69, 9.17) is 0 Å². The van der Waals surface area contributed by atoms with Crippen molar-refractivity contribution in [3.8, 4) is 0 Å². The summed E-state index contributed by atoms with van der Waals surface area (Å²) in [6, 6.07) is 1.24. The lowest BCUT2D eigenvalue weighted by atomic mass is 9.97. The Balaban J connectivity index is 3.94. The fourth-order valence-corrected chi connectivity index (χ4v) is 1.62. The van der Waals surface area contributed by atoms with Crippen LogP contribution < -0.4 is 5.32 Å². The molecular weight excluding hydrogens is 184 g/mol. The highest BCUT2D eigenvalue weighted by atomic mass is 15.2. The average Bonchev–Trinajstić information content (AvgIpc) is 2.15. The van der Waals surface area contributed by atoms with Gasteiger partial charge in [-0.05, 0) is 47.2 Å². The molecule has 0 aliphatic carbocycles. The van der Waals surface area contributed by atoms with Gasteiger partial charge in [-0.25, -0.2) is 0 Å². The van der Waals surface area contributed by atoms with E-state index in [0.717, 1.165) is 6.54 Å². The molecule has 0 amide bonds. The van der Waals surface area contributed by atoms with Gasteiger partial charge in [0.15, 0.2) is 0 Å². The molecule has 0 bridgehead atoms. The molecule has 15 heavy (non-hydrogen) atoms. The first-order chi connectivity index (χ1) is 6.81. The molecule has 0 saturated heterocycles. The van der Waals surface area contributed by atoms with E-state index < -0.39 is 0 Å². The van der Waals surface area contributed by atoms with Crippen molar-refractivity contribution in [1.29, 1.82) is 0 Å². The predicted molar refractivity (Wildman–Crippen MR) is 69.4 cm³/mol. The summed E-state index contributed by atoms with van der Waals surface area (Å²) in [6.07, 6.45) is 2.42. The molecule has 0 aliphatic heterocycles. The zero-order valence-corrected chi connectivity index (χ0v) is 11.7. The smallest absolute Gasteiger partial charge is 0.0150 e. The van der Waals surface area contributed by atoms with E-state index in [1.165, 1.54) is 12.8 Å². The van der Waals surface area contributed by atoms with Gasteiger partial charge in [0, 0.05) is 17.6 Å². The van der Waals surface area contributed by atoms with Crippen molar-refractivity contribution in [2.24, 2.45) is 0 Å². The van der Waals surface area contributed by atoms with Gasteiger partial charge in [-0.3, -0.25) is 4.90 Å². The first-order valence-electron chi connectivity index (χ1n) is 6.27. The van der Waals surface area contributed by atoms with Crippen LogP contribution in [0.2, 0.25) is 0 Å². The van der Waals surface area contributed by atoms with E-state index in [9.17, 15) is 0 Å². The maximum absolute atomic E-state index is 3.47. The minimum atomic E-state index is 0.317. The molecule has 0 heterocycles. The fraction of sp³-hybridized carbons (Fsp3) is 1.00. The number of hydrogen-bond donors (Lipinski definition) is 1. The summed E-state index contributed by atoms with van der Waals surface area (Å²) in [7, 11) is 2.24. The molecule has 2 nitrogen and oxygen atoms in total. The van der Waals surface area contributed by atoms with Crippen molar-refractivity contribution in [2.75, 3.05) is 13.6 Å². The quantitative estimate of drug-likeness (QED) is 0.701. The Morgan fingerprint density at radius 3 is 2.13 bits per heavy atom. The third-order valence-corrected chi connectivity index (χ3v) is 3.60. The highest BCUT2D eigenvalue weighted by molar-refractivity contribution is 4.81.